The van der Waals surface area contributed by atoms with Crippen LogP contribution >= 0.6 is 0 Å². The third-order valence-corrected chi connectivity index (χ3v) is 6.19. The molecule has 5 nitrogen and oxygen atoms in total. The molecule has 146 valence electrons. The molecule has 0 aliphatic carbocycles. The van der Waals surface area contributed by atoms with Gasteiger partial charge in [-0.25, -0.2) is 8.42 Å². The summed E-state index contributed by atoms with van der Waals surface area (Å²) in [6.07, 6.45) is 0. The van der Waals surface area contributed by atoms with Gasteiger partial charge in [-0.15, -0.1) is 0 Å². The lowest BCUT2D eigenvalue weighted by Gasteiger charge is -2.10. The largest absolute Gasteiger partial charge is 0.321 e. The van der Waals surface area contributed by atoms with Crippen LogP contribution in [0.5, 0.6) is 0 Å². The highest BCUT2D eigenvalue weighted by Gasteiger charge is 2.26. The van der Waals surface area contributed by atoms with E-state index in [-0.39, 0.29) is 10.8 Å². The number of carbonyl (C=O) groups is 1. The fourth-order valence-corrected chi connectivity index (χ4v) is 4.45. The molecule has 3 aromatic rings. The summed E-state index contributed by atoms with van der Waals surface area (Å²) >= 11 is 0. The van der Waals surface area contributed by atoms with Crippen LogP contribution < -0.4 is 10.0 Å². The number of hydrogen-bond acceptors (Lipinski definition) is 3. The van der Waals surface area contributed by atoms with E-state index in [0.717, 1.165) is 16.7 Å². The van der Waals surface area contributed by atoms with Gasteiger partial charge >= 0.3 is 0 Å². The van der Waals surface area contributed by atoms with Gasteiger partial charge in [0.15, 0.2) is 0 Å². The van der Waals surface area contributed by atoms with Crippen LogP contribution in [0.1, 0.15) is 19.4 Å². The summed E-state index contributed by atoms with van der Waals surface area (Å²) in [5.74, 6) is -0.170. The van der Waals surface area contributed by atoms with Crippen molar-refractivity contribution in [1.82, 2.24) is 0 Å². The monoisotopic (exact) mass is 404 g/mol. The average molecular weight is 404 g/mol. The fourth-order valence-electron chi connectivity index (χ4n) is 3.40. The van der Waals surface area contributed by atoms with E-state index in [4.69, 9.17) is 0 Å². The summed E-state index contributed by atoms with van der Waals surface area (Å²) in [5, 5.41) is 2.80. The molecule has 0 aromatic heterocycles. The van der Waals surface area contributed by atoms with Gasteiger partial charge in [-0.05, 0) is 55.3 Å². The maximum absolute atomic E-state index is 12.8. The second-order valence-corrected chi connectivity index (χ2v) is 8.77. The molecule has 0 unspecified atom stereocenters. The number of sulfonamides is 1. The maximum Gasteiger partial charge on any atom is 0.261 e. The van der Waals surface area contributed by atoms with E-state index in [9.17, 15) is 13.2 Å². The summed E-state index contributed by atoms with van der Waals surface area (Å²) in [6, 6.07) is 21.6. The molecule has 1 aliphatic rings. The number of allylic oxidation sites excluding steroid dienone is 1. The predicted molar refractivity (Wildman–Crippen MR) is 116 cm³/mol. The number of hydrogen-bond donors (Lipinski definition) is 2. The van der Waals surface area contributed by atoms with Crippen LogP contribution in [0, 0.1) is 0 Å². The fraction of sp³-hybridized carbons (Fsp3) is 0.0870. The molecular weight excluding hydrogens is 384 g/mol. The highest BCUT2D eigenvalue weighted by molar-refractivity contribution is 7.92. The van der Waals surface area contributed by atoms with Gasteiger partial charge in [0.25, 0.3) is 15.9 Å². The molecule has 0 radical (unpaired) electrons. The Morgan fingerprint density at radius 1 is 0.862 bits per heavy atom. The Bertz CT molecular complexity index is 1220. The van der Waals surface area contributed by atoms with Gasteiger partial charge in [0.1, 0.15) is 0 Å². The van der Waals surface area contributed by atoms with E-state index in [0.29, 0.717) is 22.5 Å². The molecule has 1 aliphatic heterocycles. The molecule has 0 fully saturated rings. The van der Waals surface area contributed by atoms with E-state index in [1.165, 1.54) is 0 Å². The van der Waals surface area contributed by atoms with Gasteiger partial charge in [-0.1, -0.05) is 48.0 Å². The van der Waals surface area contributed by atoms with E-state index in [1.54, 1.807) is 42.5 Å². The zero-order chi connectivity index (χ0) is 20.6. The molecule has 6 heteroatoms. The van der Waals surface area contributed by atoms with Crippen molar-refractivity contribution in [2.24, 2.45) is 0 Å². The number of rotatable bonds is 4. The quantitative estimate of drug-likeness (QED) is 0.607. The summed E-state index contributed by atoms with van der Waals surface area (Å²) in [5.41, 5.74) is 5.21. The van der Waals surface area contributed by atoms with Crippen LogP contribution in [0.25, 0.3) is 16.7 Å². The van der Waals surface area contributed by atoms with Crippen LogP contribution in [-0.2, 0) is 14.8 Å². The van der Waals surface area contributed by atoms with Crippen molar-refractivity contribution < 1.29 is 13.2 Å². The Morgan fingerprint density at radius 2 is 1.52 bits per heavy atom. The number of fused-ring (bicyclic) bond motifs is 1. The number of nitrogens with one attached hydrogen (secondary N) is 2. The first-order chi connectivity index (χ1) is 13.8. The minimum Gasteiger partial charge on any atom is -0.321 e. The molecule has 1 heterocycles. The maximum atomic E-state index is 12.8. The standard InChI is InChI=1S/C23H20N2O3S/c1-15(2)22-20-14-18(10-13-21(20)24-23(22)26)25-29(27,28)19-11-8-17(9-12-19)16-6-4-3-5-7-16/h3-14,25H,1-2H3,(H,24,26). The topological polar surface area (TPSA) is 75.3 Å². The van der Waals surface area contributed by atoms with Gasteiger partial charge in [-0.2, -0.15) is 0 Å². The van der Waals surface area contributed by atoms with Gasteiger partial charge < -0.3 is 5.32 Å². The average Bonchev–Trinajstić information content (AvgIpc) is 3.03. The van der Waals surface area contributed by atoms with Crippen LogP contribution in [0.4, 0.5) is 11.4 Å². The first kappa shape index (κ1) is 19.0. The highest BCUT2D eigenvalue weighted by Crippen LogP contribution is 2.36. The Balaban J connectivity index is 1.62. The number of anilines is 2. The summed E-state index contributed by atoms with van der Waals surface area (Å²) in [4.78, 5) is 12.3. The van der Waals surface area contributed by atoms with E-state index < -0.39 is 10.0 Å². The lowest BCUT2D eigenvalue weighted by Crippen LogP contribution is -2.13. The molecule has 0 bridgehead atoms. The van der Waals surface area contributed by atoms with Crippen molar-refractivity contribution in [3.8, 4) is 11.1 Å². The Hall–Kier alpha value is -3.38. The first-order valence-corrected chi connectivity index (χ1v) is 10.6. The van der Waals surface area contributed by atoms with Crippen molar-refractivity contribution in [3.05, 3.63) is 83.9 Å². The highest BCUT2D eigenvalue weighted by atomic mass is 32.2. The molecule has 0 atom stereocenters. The van der Waals surface area contributed by atoms with Gasteiger partial charge in [0, 0.05) is 22.5 Å². The summed E-state index contributed by atoms with van der Waals surface area (Å²) < 4.78 is 28.3. The Kier molecular flexibility index (Phi) is 4.72. The molecule has 29 heavy (non-hydrogen) atoms. The Labute approximate surface area is 170 Å². The second kappa shape index (κ2) is 7.22. The zero-order valence-electron chi connectivity index (χ0n) is 16.1. The third kappa shape index (κ3) is 3.67. The second-order valence-electron chi connectivity index (χ2n) is 7.09. The predicted octanol–water partition coefficient (Wildman–Crippen LogP) is 4.90. The van der Waals surface area contributed by atoms with E-state index >= 15 is 0 Å². The van der Waals surface area contributed by atoms with Crippen molar-refractivity contribution in [1.29, 1.82) is 0 Å². The molecule has 1 amide bonds. The van der Waals surface area contributed by atoms with E-state index in [2.05, 4.69) is 10.0 Å². The van der Waals surface area contributed by atoms with Crippen molar-refractivity contribution in [2.45, 2.75) is 18.7 Å². The lowest BCUT2D eigenvalue weighted by molar-refractivity contribution is -0.110. The summed E-state index contributed by atoms with van der Waals surface area (Å²) in [7, 11) is -3.75. The molecule has 0 saturated carbocycles. The lowest BCUT2D eigenvalue weighted by atomic mass is 10.0. The normalized spacial score (nSPS) is 13.0. The summed E-state index contributed by atoms with van der Waals surface area (Å²) in [6.45, 7) is 3.71. The van der Waals surface area contributed by atoms with Crippen LogP contribution in [-0.4, -0.2) is 14.3 Å². The van der Waals surface area contributed by atoms with Crippen LogP contribution in [0.2, 0.25) is 0 Å². The SMILES string of the molecule is CC(C)=C1C(=O)Nc2ccc(NS(=O)(=O)c3ccc(-c4ccccc4)cc3)cc21. The number of benzene rings is 3. The van der Waals surface area contributed by atoms with Crippen LogP contribution in [0.3, 0.4) is 0 Å². The number of carbonyl (C=O) groups excluding carboxylic acids is 1. The number of amides is 1. The molecule has 3 aromatic carbocycles. The van der Waals surface area contributed by atoms with Crippen LogP contribution in [0.15, 0.2) is 83.3 Å². The van der Waals surface area contributed by atoms with Crippen molar-refractivity contribution in [3.63, 3.8) is 0 Å². The van der Waals surface area contributed by atoms with Gasteiger partial charge in [0.05, 0.1) is 4.90 Å². The first-order valence-electron chi connectivity index (χ1n) is 9.17. The van der Waals surface area contributed by atoms with E-state index in [1.807, 2.05) is 44.2 Å². The third-order valence-electron chi connectivity index (χ3n) is 4.79. The minimum absolute atomic E-state index is 0.170. The van der Waals surface area contributed by atoms with Crippen molar-refractivity contribution >= 4 is 32.9 Å². The smallest absolute Gasteiger partial charge is 0.261 e. The van der Waals surface area contributed by atoms with Gasteiger partial charge in [-0.3, -0.25) is 9.52 Å². The van der Waals surface area contributed by atoms with Crippen molar-refractivity contribution in [2.75, 3.05) is 10.0 Å². The molecule has 2 N–H and O–H groups in total. The minimum atomic E-state index is -3.75. The Morgan fingerprint density at radius 3 is 2.17 bits per heavy atom. The zero-order valence-corrected chi connectivity index (χ0v) is 16.9. The molecule has 4 rings (SSSR count). The molecule has 0 spiro atoms. The molecular formula is C23H20N2O3S. The molecule has 0 saturated heterocycles. The van der Waals surface area contributed by atoms with Gasteiger partial charge in [0.2, 0.25) is 0 Å².